The molecule has 0 aliphatic heterocycles. The zero-order valence-corrected chi connectivity index (χ0v) is 12.7. The van der Waals surface area contributed by atoms with Gasteiger partial charge >= 0.3 is 0 Å². The maximum absolute atomic E-state index is 9.92. The van der Waals surface area contributed by atoms with E-state index >= 15 is 0 Å². The number of aliphatic hydroxyl groups excluding tert-OH is 1. The van der Waals surface area contributed by atoms with Crippen LogP contribution >= 0.6 is 11.3 Å². The van der Waals surface area contributed by atoms with Gasteiger partial charge in [-0.3, -0.25) is 0 Å². The Labute approximate surface area is 124 Å². The molecule has 2 aromatic rings. The van der Waals surface area contributed by atoms with Gasteiger partial charge in [0.05, 0.1) is 12.1 Å². The molecule has 3 atom stereocenters. The summed E-state index contributed by atoms with van der Waals surface area (Å²) in [5.41, 5.74) is 1.23. The Morgan fingerprint density at radius 1 is 1.20 bits per heavy atom. The lowest BCUT2D eigenvalue weighted by molar-refractivity contribution is -0.0746. The molecular weight excluding hydrogens is 266 g/mol. The summed E-state index contributed by atoms with van der Waals surface area (Å²) in [5, 5.41) is 15.8. The van der Waals surface area contributed by atoms with Gasteiger partial charge in [-0.25, -0.2) is 0 Å². The molecular formula is C17H21NOS. The quantitative estimate of drug-likeness (QED) is 0.901. The van der Waals surface area contributed by atoms with E-state index in [2.05, 4.69) is 60.9 Å². The van der Waals surface area contributed by atoms with Crippen molar-refractivity contribution in [3.05, 3.63) is 58.3 Å². The first-order chi connectivity index (χ1) is 9.59. The second kappa shape index (κ2) is 5.32. The van der Waals surface area contributed by atoms with E-state index in [9.17, 15) is 5.11 Å². The highest BCUT2D eigenvalue weighted by atomic mass is 32.1. The number of hydrogen-bond donors (Lipinski definition) is 2. The molecule has 3 heteroatoms. The highest BCUT2D eigenvalue weighted by Gasteiger charge is 2.47. The third-order valence-corrected chi connectivity index (χ3v) is 5.48. The van der Waals surface area contributed by atoms with E-state index in [1.807, 2.05) is 6.07 Å². The minimum atomic E-state index is -0.195. The van der Waals surface area contributed by atoms with Crippen LogP contribution in [0.25, 0.3) is 0 Å². The third kappa shape index (κ3) is 2.41. The Morgan fingerprint density at radius 3 is 2.50 bits per heavy atom. The van der Waals surface area contributed by atoms with E-state index in [4.69, 9.17) is 0 Å². The van der Waals surface area contributed by atoms with Crippen LogP contribution in [0.1, 0.15) is 36.8 Å². The van der Waals surface area contributed by atoms with Gasteiger partial charge in [0.15, 0.2) is 0 Å². The highest BCUT2D eigenvalue weighted by molar-refractivity contribution is 7.10. The molecule has 106 valence electrons. The first-order valence-electron chi connectivity index (χ1n) is 7.11. The fourth-order valence-corrected chi connectivity index (χ4v) is 3.64. The molecule has 2 nitrogen and oxygen atoms in total. The SMILES string of the molecule is CC1(C)C(O)CC1NC(c1ccccc1)c1cccs1. The van der Waals surface area contributed by atoms with Crippen molar-refractivity contribution in [1.29, 1.82) is 0 Å². The fraction of sp³-hybridized carbons (Fsp3) is 0.412. The van der Waals surface area contributed by atoms with Crippen LogP contribution in [0.2, 0.25) is 0 Å². The molecule has 1 aliphatic rings. The van der Waals surface area contributed by atoms with E-state index in [1.54, 1.807) is 11.3 Å². The fourth-order valence-electron chi connectivity index (χ4n) is 2.83. The van der Waals surface area contributed by atoms with Gasteiger partial charge in [0, 0.05) is 16.3 Å². The molecule has 1 fully saturated rings. The van der Waals surface area contributed by atoms with Crippen molar-refractivity contribution in [3.63, 3.8) is 0 Å². The van der Waals surface area contributed by atoms with Gasteiger partial charge in [-0.2, -0.15) is 0 Å². The lowest BCUT2D eigenvalue weighted by atomic mass is 9.64. The van der Waals surface area contributed by atoms with Gasteiger partial charge in [0.2, 0.25) is 0 Å². The van der Waals surface area contributed by atoms with E-state index in [1.165, 1.54) is 10.4 Å². The maximum atomic E-state index is 9.92. The topological polar surface area (TPSA) is 32.3 Å². The van der Waals surface area contributed by atoms with Crippen molar-refractivity contribution >= 4 is 11.3 Å². The molecule has 1 heterocycles. The zero-order valence-electron chi connectivity index (χ0n) is 11.9. The molecule has 1 aromatic heterocycles. The number of rotatable bonds is 4. The number of aliphatic hydroxyl groups is 1. The van der Waals surface area contributed by atoms with Crippen LogP contribution in [0, 0.1) is 5.41 Å². The van der Waals surface area contributed by atoms with Crippen molar-refractivity contribution in [2.75, 3.05) is 0 Å². The molecule has 1 aromatic carbocycles. The van der Waals surface area contributed by atoms with Crippen LogP contribution < -0.4 is 5.32 Å². The van der Waals surface area contributed by atoms with E-state index in [0.717, 1.165) is 6.42 Å². The summed E-state index contributed by atoms with van der Waals surface area (Å²) in [7, 11) is 0. The average molecular weight is 287 g/mol. The molecule has 20 heavy (non-hydrogen) atoms. The molecule has 1 aliphatic carbocycles. The van der Waals surface area contributed by atoms with Gasteiger partial charge in [-0.1, -0.05) is 50.2 Å². The largest absolute Gasteiger partial charge is 0.392 e. The molecule has 0 saturated heterocycles. The summed E-state index contributed by atoms with van der Waals surface area (Å²) < 4.78 is 0. The Hall–Kier alpha value is -1.16. The van der Waals surface area contributed by atoms with Crippen LogP contribution in [0.5, 0.6) is 0 Å². The van der Waals surface area contributed by atoms with Crippen LogP contribution in [-0.2, 0) is 0 Å². The summed E-state index contributed by atoms with van der Waals surface area (Å²) in [6.45, 7) is 4.27. The molecule has 2 N–H and O–H groups in total. The second-order valence-electron chi connectivity index (χ2n) is 6.15. The van der Waals surface area contributed by atoms with Crippen molar-refractivity contribution in [2.24, 2.45) is 5.41 Å². The highest BCUT2D eigenvalue weighted by Crippen LogP contribution is 2.42. The van der Waals surface area contributed by atoms with Crippen LogP contribution in [0.4, 0.5) is 0 Å². The predicted octanol–water partition coefficient (Wildman–Crippen LogP) is 3.59. The molecule has 0 bridgehead atoms. The number of benzene rings is 1. The molecule has 0 radical (unpaired) electrons. The molecule has 0 spiro atoms. The first-order valence-corrected chi connectivity index (χ1v) is 7.99. The standard InChI is InChI=1S/C17H21NOS/c1-17(2)14(11-15(17)19)18-16(13-9-6-10-20-13)12-7-4-3-5-8-12/h3-10,14-16,18-19H,11H2,1-2H3. The van der Waals surface area contributed by atoms with Crippen LogP contribution in [-0.4, -0.2) is 17.3 Å². The monoisotopic (exact) mass is 287 g/mol. The van der Waals surface area contributed by atoms with E-state index in [-0.39, 0.29) is 17.6 Å². The Balaban J connectivity index is 1.85. The first kappa shape index (κ1) is 13.8. The molecule has 3 unspecified atom stereocenters. The minimum absolute atomic E-state index is 0.0513. The summed E-state index contributed by atoms with van der Waals surface area (Å²) >= 11 is 1.78. The summed E-state index contributed by atoms with van der Waals surface area (Å²) in [5.74, 6) is 0. The van der Waals surface area contributed by atoms with Crippen molar-refractivity contribution in [3.8, 4) is 0 Å². The normalized spacial score (nSPS) is 25.9. The Bertz CT molecular complexity index is 550. The van der Waals surface area contributed by atoms with Gasteiger partial charge in [0.25, 0.3) is 0 Å². The van der Waals surface area contributed by atoms with Crippen LogP contribution in [0.15, 0.2) is 47.8 Å². The Kier molecular flexibility index (Phi) is 3.67. The smallest absolute Gasteiger partial charge is 0.0673 e. The number of thiophene rings is 1. The Morgan fingerprint density at radius 2 is 1.95 bits per heavy atom. The van der Waals surface area contributed by atoms with Gasteiger partial charge in [0.1, 0.15) is 0 Å². The zero-order chi connectivity index (χ0) is 14.2. The lowest BCUT2D eigenvalue weighted by Gasteiger charge is -2.51. The summed E-state index contributed by atoms with van der Waals surface area (Å²) in [4.78, 5) is 1.33. The third-order valence-electron chi connectivity index (χ3n) is 4.54. The minimum Gasteiger partial charge on any atom is -0.392 e. The van der Waals surface area contributed by atoms with Crippen molar-refractivity contribution in [1.82, 2.24) is 5.32 Å². The van der Waals surface area contributed by atoms with Gasteiger partial charge in [-0.05, 0) is 23.4 Å². The molecule has 1 saturated carbocycles. The van der Waals surface area contributed by atoms with Gasteiger partial charge < -0.3 is 10.4 Å². The van der Waals surface area contributed by atoms with E-state index in [0.29, 0.717) is 6.04 Å². The van der Waals surface area contributed by atoms with Gasteiger partial charge in [-0.15, -0.1) is 11.3 Å². The summed E-state index contributed by atoms with van der Waals surface area (Å²) in [6, 6.07) is 15.4. The second-order valence-corrected chi connectivity index (χ2v) is 7.13. The predicted molar refractivity (Wildman–Crippen MR) is 83.9 cm³/mol. The molecule has 0 amide bonds. The lowest BCUT2D eigenvalue weighted by Crippen LogP contribution is -2.60. The number of nitrogens with one attached hydrogen (secondary N) is 1. The molecule has 3 rings (SSSR count). The van der Waals surface area contributed by atoms with Crippen molar-refractivity contribution < 1.29 is 5.11 Å². The average Bonchev–Trinajstić information content (AvgIpc) is 2.98. The van der Waals surface area contributed by atoms with E-state index < -0.39 is 0 Å². The maximum Gasteiger partial charge on any atom is 0.0673 e. The van der Waals surface area contributed by atoms with Crippen LogP contribution in [0.3, 0.4) is 0 Å². The van der Waals surface area contributed by atoms with Crippen molar-refractivity contribution in [2.45, 2.75) is 38.5 Å². The number of hydrogen-bond acceptors (Lipinski definition) is 3. The summed E-state index contributed by atoms with van der Waals surface area (Å²) in [6.07, 6.45) is 0.640.